The number of carbonyl (C=O) groups excluding carboxylic acids is 1. The molecule has 1 amide bonds. The van der Waals surface area contributed by atoms with Gasteiger partial charge in [0.25, 0.3) is 0 Å². The van der Waals surface area contributed by atoms with Crippen LogP contribution in [-0.4, -0.2) is 37.5 Å². The molecule has 0 aromatic heterocycles. The average Bonchev–Trinajstić information content (AvgIpc) is 2.09. The Balaban J connectivity index is 2.33. The first-order valence-electron chi connectivity index (χ1n) is 4.65. The van der Waals surface area contributed by atoms with Gasteiger partial charge < -0.3 is 10.2 Å². The number of nitrogens with zero attached hydrogens (tertiary/aromatic N) is 1. The van der Waals surface area contributed by atoms with Gasteiger partial charge in [0.05, 0.1) is 0 Å². The van der Waals surface area contributed by atoms with Crippen molar-refractivity contribution in [2.24, 2.45) is 0 Å². The minimum absolute atomic E-state index is 0.161. The number of likely N-dealkylation sites (tertiary alicyclic amines) is 1. The van der Waals surface area contributed by atoms with E-state index in [1.807, 2.05) is 0 Å². The molecule has 1 N–H and O–H groups in total. The topological polar surface area (TPSA) is 32.3 Å². The summed E-state index contributed by atoms with van der Waals surface area (Å²) in [6.45, 7) is 1.14. The molecule has 0 bridgehead atoms. The predicted molar refractivity (Wildman–Crippen MR) is 49.0 cm³/mol. The van der Waals surface area contributed by atoms with Gasteiger partial charge in [-0.05, 0) is 26.4 Å². The number of piperidine rings is 1. The Bertz CT molecular complexity index is 159. The van der Waals surface area contributed by atoms with Crippen molar-refractivity contribution in [1.29, 1.82) is 0 Å². The van der Waals surface area contributed by atoms with Crippen LogP contribution in [0.1, 0.15) is 25.7 Å². The summed E-state index contributed by atoms with van der Waals surface area (Å²) in [6.07, 6.45) is 4.38. The Morgan fingerprint density at radius 1 is 1.58 bits per heavy atom. The van der Waals surface area contributed by atoms with Crippen LogP contribution in [0, 0.1) is 0 Å². The largest absolute Gasteiger partial charge is 0.359 e. The highest BCUT2D eigenvalue weighted by atomic mass is 16.1. The molecule has 0 aromatic rings. The molecule has 70 valence electrons. The lowest BCUT2D eigenvalue weighted by Gasteiger charge is -2.31. The first-order valence-corrected chi connectivity index (χ1v) is 4.65. The third-order valence-corrected chi connectivity index (χ3v) is 2.62. The maximum atomic E-state index is 11.1. The highest BCUT2D eigenvalue weighted by Crippen LogP contribution is 2.17. The lowest BCUT2D eigenvalue weighted by atomic mass is 10.00. The third-order valence-electron chi connectivity index (χ3n) is 2.62. The Labute approximate surface area is 74.1 Å². The van der Waals surface area contributed by atoms with E-state index in [0.717, 1.165) is 6.54 Å². The second-order valence-electron chi connectivity index (χ2n) is 3.51. The smallest absolute Gasteiger partial charge is 0.221 e. The van der Waals surface area contributed by atoms with Crippen molar-refractivity contribution in [3.8, 4) is 0 Å². The van der Waals surface area contributed by atoms with E-state index >= 15 is 0 Å². The molecule has 0 spiro atoms. The van der Waals surface area contributed by atoms with E-state index in [2.05, 4.69) is 17.3 Å². The fourth-order valence-electron chi connectivity index (χ4n) is 1.72. The van der Waals surface area contributed by atoms with E-state index in [4.69, 9.17) is 0 Å². The first kappa shape index (κ1) is 9.52. The van der Waals surface area contributed by atoms with Gasteiger partial charge in [0.2, 0.25) is 5.91 Å². The minimum Gasteiger partial charge on any atom is -0.359 e. The zero-order valence-electron chi connectivity index (χ0n) is 7.97. The molecule has 3 heteroatoms. The van der Waals surface area contributed by atoms with Crippen molar-refractivity contribution < 1.29 is 4.79 Å². The maximum Gasteiger partial charge on any atom is 0.221 e. The summed E-state index contributed by atoms with van der Waals surface area (Å²) >= 11 is 0. The van der Waals surface area contributed by atoms with Crippen molar-refractivity contribution in [2.45, 2.75) is 31.7 Å². The van der Waals surface area contributed by atoms with Gasteiger partial charge in [-0.2, -0.15) is 0 Å². The third kappa shape index (κ3) is 2.48. The van der Waals surface area contributed by atoms with E-state index in [-0.39, 0.29) is 5.91 Å². The van der Waals surface area contributed by atoms with Gasteiger partial charge in [-0.3, -0.25) is 4.79 Å². The molecule has 1 unspecified atom stereocenters. The predicted octanol–water partition coefficient (Wildman–Crippen LogP) is 0.607. The molecule has 1 fully saturated rings. The highest BCUT2D eigenvalue weighted by Gasteiger charge is 2.20. The van der Waals surface area contributed by atoms with Crippen molar-refractivity contribution in [1.82, 2.24) is 10.2 Å². The van der Waals surface area contributed by atoms with Gasteiger partial charge in [-0.15, -0.1) is 0 Å². The minimum atomic E-state index is 0.161. The van der Waals surface area contributed by atoms with Crippen molar-refractivity contribution >= 4 is 5.91 Å². The molecule has 1 saturated heterocycles. The molecule has 0 radical (unpaired) electrons. The Kier molecular flexibility index (Phi) is 3.53. The number of amides is 1. The van der Waals surface area contributed by atoms with Gasteiger partial charge in [0, 0.05) is 19.5 Å². The normalized spacial score (nSPS) is 25.3. The van der Waals surface area contributed by atoms with E-state index in [9.17, 15) is 4.79 Å². The molecule has 1 aliphatic rings. The van der Waals surface area contributed by atoms with Gasteiger partial charge in [-0.1, -0.05) is 6.42 Å². The summed E-state index contributed by atoms with van der Waals surface area (Å²) < 4.78 is 0. The zero-order chi connectivity index (χ0) is 8.97. The number of hydrogen-bond acceptors (Lipinski definition) is 2. The second kappa shape index (κ2) is 4.45. The summed E-state index contributed by atoms with van der Waals surface area (Å²) in [5, 5.41) is 2.67. The lowest BCUT2D eigenvalue weighted by Crippen LogP contribution is -2.39. The molecule has 1 atom stereocenters. The van der Waals surface area contributed by atoms with Crippen LogP contribution in [0.4, 0.5) is 0 Å². The molecule has 0 aromatic carbocycles. The van der Waals surface area contributed by atoms with Crippen LogP contribution in [0.5, 0.6) is 0 Å². The number of nitrogens with one attached hydrogen (secondary N) is 1. The van der Waals surface area contributed by atoms with Crippen molar-refractivity contribution in [3.63, 3.8) is 0 Å². The highest BCUT2D eigenvalue weighted by molar-refractivity contribution is 5.76. The van der Waals surface area contributed by atoms with Gasteiger partial charge in [0.1, 0.15) is 0 Å². The molecule has 1 aliphatic heterocycles. The second-order valence-corrected chi connectivity index (χ2v) is 3.51. The molecular formula is C9H18N2O. The number of hydrogen-bond donors (Lipinski definition) is 1. The summed E-state index contributed by atoms with van der Waals surface area (Å²) in [5.41, 5.74) is 0. The van der Waals surface area contributed by atoms with Gasteiger partial charge >= 0.3 is 0 Å². The van der Waals surface area contributed by atoms with Crippen molar-refractivity contribution in [3.05, 3.63) is 0 Å². The van der Waals surface area contributed by atoms with E-state index < -0.39 is 0 Å². The van der Waals surface area contributed by atoms with Crippen LogP contribution in [0.2, 0.25) is 0 Å². The number of carbonyl (C=O) groups is 1. The van der Waals surface area contributed by atoms with Crippen LogP contribution in [-0.2, 0) is 4.79 Å². The molecule has 12 heavy (non-hydrogen) atoms. The van der Waals surface area contributed by atoms with Crippen LogP contribution in [0.15, 0.2) is 0 Å². The summed E-state index contributed by atoms with van der Waals surface area (Å²) in [4.78, 5) is 13.4. The average molecular weight is 170 g/mol. The molecule has 0 saturated carbocycles. The lowest BCUT2D eigenvalue weighted by molar-refractivity contribution is -0.122. The Hall–Kier alpha value is -0.570. The maximum absolute atomic E-state index is 11.1. The molecule has 0 aliphatic carbocycles. The van der Waals surface area contributed by atoms with E-state index in [1.165, 1.54) is 19.3 Å². The SMILES string of the molecule is CNC(=O)CC1CCCCN1C. The fourth-order valence-corrected chi connectivity index (χ4v) is 1.72. The zero-order valence-corrected chi connectivity index (χ0v) is 7.97. The Morgan fingerprint density at radius 2 is 2.33 bits per heavy atom. The first-order chi connectivity index (χ1) is 5.74. The van der Waals surface area contributed by atoms with E-state index in [0.29, 0.717) is 12.5 Å². The summed E-state index contributed by atoms with van der Waals surface area (Å²) in [6, 6.07) is 0.471. The van der Waals surface area contributed by atoms with Crippen molar-refractivity contribution in [2.75, 3.05) is 20.6 Å². The quantitative estimate of drug-likeness (QED) is 0.658. The van der Waals surface area contributed by atoms with Crippen LogP contribution in [0.3, 0.4) is 0 Å². The molecule has 3 nitrogen and oxygen atoms in total. The monoisotopic (exact) mass is 170 g/mol. The summed E-state index contributed by atoms with van der Waals surface area (Å²) in [5.74, 6) is 0.161. The van der Waals surface area contributed by atoms with Crippen LogP contribution < -0.4 is 5.32 Å². The van der Waals surface area contributed by atoms with Gasteiger partial charge in [0.15, 0.2) is 0 Å². The summed E-state index contributed by atoms with van der Waals surface area (Å²) in [7, 11) is 3.80. The Morgan fingerprint density at radius 3 is 2.92 bits per heavy atom. The van der Waals surface area contributed by atoms with Crippen LogP contribution >= 0.6 is 0 Å². The van der Waals surface area contributed by atoms with E-state index in [1.54, 1.807) is 7.05 Å². The van der Waals surface area contributed by atoms with Gasteiger partial charge in [-0.25, -0.2) is 0 Å². The van der Waals surface area contributed by atoms with Crippen LogP contribution in [0.25, 0.3) is 0 Å². The molecule has 1 heterocycles. The molecule has 1 rings (SSSR count). The fraction of sp³-hybridized carbons (Fsp3) is 0.889. The standard InChI is InChI=1S/C9H18N2O/c1-10-9(12)7-8-5-3-4-6-11(8)2/h8H,3-7H2,1-2H3,(H,10,12). The molecular weight excluding hydrogens is 152 g/mol. The number of rotatable bonds is 2.